The van der Waals surface area contributed by atoms with Gasteiger partial charge in [-0.25, -0.2) is 0 Å². The molecule has 0 bridgehead atoms. The molecule has 17 heavy (non-hydrogen) atoms. The minimum atomic E-state index is -0.846. The van der Waals surface area contributed by atoms with Crippen molar-refractivity contribution >= 4 is 37.7 Å². The molecule has 0 aromatic heterocycles. The van der Waals surface area contributed by atoms with Crippen molar-refractivity contribution in [2.45, 2.75) is 66.0 Å². The Morgan fingerprint density at radius 2 is 1.12 bits per heavy atom. The second-order valence-corrected chi connectivity index (χ2v) is 3.58. The average Bonchev–Trinajstić information content (AvgIpc) is 2.18. The Bertz CT molecular complexity index is 107. The molecule has 0 aromatic rings. The minimum absolute atomic E-state index is 0. The van der Waals surface area contributed by atoms with Crippen LogP contribution in [-0.2, 0) is 9.47 Å². The zero-order chi connectivity index (χ0) is 12.8. The third kappa shape index (κ3) is 31.6. The Labute approximate surface area is 136 Å². The molecular formula is C12H26CaO4. The van der Waals surface area contributed by atoms with Gasteiger partial charge in [0.1, 0.15) is 0 Å². The summed E-state index contributed by atoms with van der Waals surface area (Å²) in [6, 6.07) is 0. The van der Waals surface area contributed by atoms with Crippen LogP contribution in [0.3, 0.4) is 0 Å². The summed E-state index contributed by atoms with van der Waals surface area (Å²) >= 11 is 0. The fourth-order valence-electron chi connectivity index (χ4n) is 0.787. The summed E-state index contributed by atoms with van der Waals surface area (Å²) < 4.78 is 9.45. The molecule has 0 radical (unpaired) electrons. The monoisotopic (exact) mass is 274 g/mol. The van der Waals surface area contributed by atoms with Crippen LogP contribution in [0.4, 0.5) is 0 Å². The molecule has 0 N–H and O–H groups in total. The Morgan fingerprint density at radius 1 is 0.824 bits per heavy atom. The first-order chi connectivity index (χ1) is 7.54. The molecule has 2 atom stereocenters. The Morgan fingerprint density at radius 3 is 1.29 bits per heavy atom. The fraction of sp³-hybridized carbons (Fsp3) is 1.00. The first-order valence-corrected chi connectivity index (χ1v) is 6.09. The molecule has 0 saturated carbocycles. The van der Waals surface area contributed by atoms with Crippen LogP contribution in [0.1, 0.15) is 53.4 Å². The number of unbranched alkanes of at least 4 members (excludes halogenated alkanes) is 2. The van der Waals surface area contributed by atoms with E-state index in [2.05, 4.69) is 13.8 Å². The van der Waals surface area contributed by atoms with Gasteiger partial charge in [0.25, 0.3) is 0 Å². The van der Waals surface area contributed by atoms with Crippen molar-refractivity contribution in [1.29, 1.82) is 0 Å². The normalized spacial score (nSPS) is 13.1. The molecular weight excluding hydrogens is 248 g/mol. The van der Waals surface area contributed by atoms with Crippen molar-refractivity contribution in [2.75, 3.05) is 13.2 Å². The molecule has 0 aliphatic rings. The second-order valence-electron chi connectivity index (χ2n) is 3.58. The van der Waals surface area contributed by atoms with Crippen LogP contribution >= 0.6 is 0 Å². The first kappa shape index (κ1) is 23.2. The summed E-state index contributed by atoms with van der Waals surface area (Å²) in [5.41, 5.74) is 0. The van der Waals surface area contributed by atoms with Crippen molar-refractivity contribution in [3.05, 3.63) is 0 Å². The van der Waals surface area contributed by atoms with Gasteiger partial charge in [-0.3, -0.25) is 0 Å². The van der Waals surface area contributed by atoms with Gasteiger partial charge in [-0.2, -0.15) is 0 Å². The van der Waals surface area contributed by atoms with Crippen LogP contribution in [0.15, 0.2) is 0 Å². The van der Waals surface area contributed by atoms with Crippen molar-refractivity contribution in [3.8, 4) is 0 Å². The van der Waals surface area contributed by atoms with Gasteiger partial charge in [-0.1, -0.05) is 40.5 Å². The van der Waals surface area contributed by atoms with Crippen molar-refractivity contribution in [1.82, 2.24) is 0 Å². The average molecular weight is 274 g/mol. The minimum Gasteiger partial charge on any atom is -0.831 e. The van der Waals surface area contributed by atoms with Gasteiger partial charge in [-0.15, -0.1) is 0 Å². The van der Waals surface area contributed by atoms with E-state index in [1.807, 2.05) is 0 Å². The van der Waals surface area contributed by atoms with E-state index in [9.17, 15) is 10.2 Å². The summed E-state index contributed by atoms with van der Waals surface area (Å²) in [5.74, 6) is 0. The maximum atomic E-state index is 10.2. The Hall–Kier alpha value is 1.10. The third-order valence-electron chi connectivity index (χ3n) is 1.70. The van der Waals surface area contributed by atoms with E-state index in [1.165, 1.54) is 13.8 Å². The number of hydrogen-bond acceptors (Lipinski definition) is 4. The predicted octanol–water partition coefficient (Wildman–Crippen LogP) is 0.638. The van der Waals surface area contributed by atoms with Crippen molar-refractivity contribution in [3.63, 3.8) is 0 Å². The largest absolute Gasteiger partial charge is 2.00 e. The zero-order valence-corrected chi connectivity index (χ0v) is 13.9. The topological polar surface area (TPSA) is 64.6 Å². The molecule has 0 aliphatic carbocycles. The SMILES string of the molecule is CCCCOC(C)[O-].CCCCOC(C)[O-].[Ca+2]. The van der Waals surface area contributed by atoms with Crippen LogP contribution in [0.25, 0.3) is 0 Å². The summed E-state index contributed by atoms with van der Waals surface area (Å²) in [7, 11) is 0. The van der Waals surface area contributed by atoms with Crippen LogP contribution in [0, 0.1) is 0 Å². The molecule has 0 saturated heterocycles. The van der Waals surface area contributed by atoms with E-state index in [0.717, 1.165) is 25.7 Å². The van der Waals surface area contributed by atoms with Crippen molar-refractivity contribution < 1.29 is 19.7 Å². The number of ether oxygens (including phenoxy) is 2. The third-order valence-corrected chi connectivity index (χ3v) is 1.70. The van der Waals surface area contributed by atoms with Crippen LogP contribution < -0.4 is 10.2 Å². The van der Waals surface area contributed by atoms with Gasteiger partial charge in [0.05, 0.1) is 0 Å². The predicted molar refractivity (Wildman–Crippen MR) is 66.4 cm³/mol. The summed E-state index contributed by atoms with van der Waals surface area (Å²) in [6.07, 6.45) is 2.47. The maximum Gasteiger partial charge on any atom is 2.00 e. The van der Waals surface area contributed by atoms with E-state index in [0.29, 0.717) is 13.2 Å². The quantitative estimate of drug-likeness (QED) is 0.370. The van der Waals surface area contributed by atoms with E-state index < -0.39 is 12.6 Å². The van der Waals surface area contributed by atoms with E-state index in [4.69, 9.17) is 9.47 Å². The molecule has 0 rings (SSSR count). The number of hydrogen-bond donors (Lipinski definition) is 0. The molecule has 0 amide bonds. The Kier molecular flexibility index (Phi) is 26.5. The van der Waals surface area contributed by atoms with Crippen LogP contribution in [0.2, 0.25) is 0 Å². The van der Waals surface area contributed by atoms with Gasteiger partial charge in [-0.05, 0) is 25.4 Å². The fourth-order valence-corrected chi connectivity index (χ4v) is 0.787. The second kappa shape index (κ2) is 19.4. The molecule has 0 heterocycles. The van der Waals surface area contributed by atoms with Crippen molar-refractivity contribution in [2.24, 2.45) is 0 Å². The molecule has 0 spiro atoms. The number of rotatable bonds is 8. The molecule has 5 heteroatoms. The van der Waals surface area contributed by atoms with Gasteiger partial charge in [0.15, 0.2) is 0 Å². The van der Waals surface area contributed by atoms with E-state index in [-0.39, 0.29) is 37.7 Å². The van der Waals surface area contributed by atoms with Crippen LogP contribution in [0.5, 0.6) is 0 Å². The maximum absolute atomic E-state index is 10.2. The van der Waals surface area contributed by atoms with Gasteiger partial charge < -0.3 is 19.7 Å². The van der Waals surface area contributed by atoms with Gasteiger partial charge in [0, 0.05) is 13.2 Å². The molecule has 2 unspecified atom stereocenters. The standard InChI is InChI=1S/2C6H13O2.Ca/c2*1-3-4-5-8-6(2)7;/h2*6H,3-5H2,1-2H3;/q2*-1;+2. The first-order valence-electron chi connectivity index (χ1n) is 6.09. The molecule has 0 aliphatic heterocycles. The molecule has 0 fully saturated rings. The molecule has 0 aromatic carbocycles. The molecule has 4 nitrogen and oxygen atoms in total. The van der Waals surface area contributed by atoms with E-state index >= 15 is 0 Å². The van der Waals surface area contributed by atoms with Gasteiger partial charge >= 0.3 is 37.7 Å². The summed E-state index contributed by atoms with van der Waals surface area (Å²) in [5, 5.41) is 20.4. The smallest absolute Gasteiger partial charge is 0.831 e. The van der Waals surface area contributed by atoms with E-state index in [1.54, 1.807) is 0 Å². The molecule has 100 valence electrons. The van der Waals surface area contributed by atoms with Crippen LogP contribution in [-0.4, -0.2) is 63.5 Å². The zero-order valence-electron chi connectivity index (χ0n) is 11.7. The summed E-state index contributed by atoms with van der Waals surface area (Å²) in [4.78, 5) is 0. The Balaban J connectivity index is -0.000000218. The van der Waals surface area contributed by atoms with Gasteiger partial charge in [0.2, 0.25) is 0 Å². The summed E-state index contributed by atoms with van der Waals surface area (Å²) in [6.45, 7) is 8.38.